The van der Waals surface area contributed by atoms with E-state index in [-0.39, 0.29) is 5.69 Å². The van der Waals surface area contributed by atoms with Crippen molar-refractivity contribution in [3.8, 4) is 0 Å². The van der Waals surface area contributed by atoms with Gasteiger partial charge in [0.2, 0.25) is 0 Å². The Morgan fingerprint density at radius 1 is 1.00 bits per heavy atom. The molecule has 0 spiro atoms. The van der Waals surface area contributed by atoms with Crippen LogP contribution in [0.3, 0.4) is 0 Å². The smallest absolute Gasteiger partial charge is 0.292 e. The zero-order valence-electron chi connectivity index (χ0n) is 12.1. The Morgan fingerprint density at radius 3 is 2.38 bits per heavy atom. The molecule has 3 aromatic rings. The molecule has 1 aliphatic rings. The summed E-state index contributed by atoms with van der Waals surface area (Å²) in [5, 5.41) is 0. The van der Waals surface area contributed by atoms with Gasteiger partial charge in [-0.25, -0.2) is 4.79 Å². The van der Waals surface area contributed by atoms with E-state index in [9.17, 15) is 4.79 Å². The lowest BCUT2D eigenvalue weighted by Gasteiger charge is -2.30. The lowest BCUT2D eigenvalue weighted by molar-refractivity contribution is 0.500. The van der Waals surface area contributed by atoms with Gasteiger partial charge in [-0.1, -0.05) is 36.4 Å². The Bertz CT molecular complexity index is 872. The minimum Gasteiger partial charge on any atom is -0.292 e. The highest BCUT2D eigenvalue weighted by Crippen LogP contribution is 2.36. The fourth-order valence-corrected chi connectivity index (χ4v) is 3.50. The first kappa shape index (κ1) is 12.5. The third kappa shape index (κ3) is 1.77. The van der Waals surface area contributed by atoms with Gasteiger partial charge in [0.15, 0.2) is 0 Å². The van der Waals surface area contributed by atoms with Crippen molar-refractivity contribution in [2.75, 3.05) is 0 Å². The molecular formula is C18H18N2O. The van der Waals surface area contributed by atoms with Crippen molar-refractivity contribution >= 4 is 11.0 Å². The topological polar surface area (TPSA) is 26.9 Å². The van der Waals surface area contributed by atoms with Gasteiger partial charge in [0.1, 0.15) is 0 Å². The fraction of sp³-hybridized carbons (Fsp3) is 0.278. The van der Waals surface area contributed by atoms with E-state index in [4.69, 9.17) is 0 Å². The summed E-state index contributed by atoms with van der Waals surface area (Å²) < 4.78 is 3.80. The maximum absolute atomic E-state index is 12.6. The average molecular weight is 278 g/mol. The predicted octanol–water partition coefficient (Wildman–Crippen LogP) is 3.16. The normalized spacial score (nSPS) is 16.7. The van der Waals surface area contributed by atoms with Crippen LogP contribution in [0.15, 0.2) is 53.3 Å². The monoisotopic (exact) mass is 278 g/mol. The third-order valence-corrected chi connectivity index (χ3v) is 4.61. The molecule has 0 fully saturated rings. The SMILES string of the molecule is CCn1c(=O)n(CC2Cc3ccccc32)c2ccccc21. The van der Waals surface area contributed by atoms with Crippen LogP contribution in [0.1, 0.15) is 24.0 Å². The van der Waals surface area contributed by atoms with Gasteiger partial charge in [0.25, 0.3) is 0 Å². The molecule has 3 heteroatoms. The van der Waals surface area contributed by atoms with Crippen molar-refractivity contribution in [3.63, 3.8) is 0 Å². The molecule has 1 heterocycles. The van der Waals surface area contributed by atoms with Crippen LogP contribution in [0, 0.1) is 0 Å². The second kappa shape index (κ2) is 4.62. The number of rotatable bonds is 3. The third-order valence-electron chi connectivity index (χ3n) is 4.61. The van der Waals surface area contributed by atoms with Crippen LogP contribution in [0.2, 0.25) is 0 Å². The maximum Gasteiger partial charge on any atom is 0.329 e. The van der Waals surface area contributed by atoms with Crippen LogP contribution < -0.4 is 5.69 Å². The van der Waals surface area contributed by atoms with Crippen LogP contribution in [0.4, 0.5) is 0 Å². The second-order valence-electron chi connectivity index (χ2n) is 5.73. The average Bonchev–Trinajstić information content (AvgIpc) is 2.76. The number of imidazole rings is 1. The van der Waals surface area contributed by atoms with Crippen LogP contribution in [-0.2, 0) is 19.5 Å². The van der Waals surface area contributed by atoms with Crippen molar-refractivity contribution < 1.29 is 0 Å². The van der Waals surface area contributed by atoms with Gasteiger partial charge in [0.05, 0.1) is 11.0 Å². The van der Waals surface area contributed by atoms with Gasteiger partial charge >= 0.3 is 5.69 Å². The van der Waals surface area contributed by atoms with Gasteiger partial charge in [-0.3, -0.25) is 9.13 Å². The van der Waals surface area contributed by atoms with Gasteiger partial charge in [-0.15, -0.1) is 0 Å². The Morgan fingerprint density at radius 2 is 1.67 bits per heavy atom. The van der Waals surface area contributed by atoms with Crippen LogP contribution in [0.5, 0.6) is 0 Å². The summed E-state index contributed by atoms with van der Waals surface area (Å²) in [5.41, 5.74) is 5.03. The molecule has 0 aliphatic heterocycles. The first-order valence-electron chi connectivity index (χ1n) is 7.55. The first-order valence-corrected chi connectivity index (χ1v) is 7.55. The highest BCUT2D eigenvalue weighted by molar-refractivity contribution is 5.76. The molecule has 1 atom stereocenters. The van der Waals surface area contributed by atoms with Crippen molar-refractivity contribution in [2.24, 2.45) is 0 Å². The molecule has 106 valence electrons. The standard InChI is InChI=1S/C18H18N2O/c1-2-19-16-9-5-6-10-17(16)20(18(19)21)12-14-11-13-7-3-4-8-15(13)14/h3-10,14H,2,11-12H2,1H3. The minimum absolute atomic E-state index is 0.114. The largest absolute Gasteiger partial charge is 0.329 e. The quantitative estimate of drug-likeness (QED) is 0.723. The van der Waals surface area contributed by atoms with E-state index >= 15 is 0 Å². The Kier molecular flexibility index (Phi) is 2.74. The molecule has 21 heavy (non-hydrogen) atoms. The molecule has 0 saturated carbocycles. The summed E-state index contributed by atoms with van der Waals surface area (Å²) in [6.07, 6.45) is 1.08. The Balaban J connectivity index is 1.79. The molecule has 3 nitrogen and oxygen atoms in total. The molecule has 4 rings (SSSR count). The number of benzene rings is 2. The van der Waals surface area contributed by atoms with E-state index in [1.165, 1.54) is 11.1 Å². The highest BCUT2D eigenvalue weighted by atomic mass is 16.1. The molecule has 0 bridgehead atoms. The summed E-state index contributed by atoms with van der Waals surface area (Å²) >= 11 is 0. The zero-order chi connectivity index (χ0) is 14.4. The molecule has 0 radical (unpaired) electrons. The number of para-hydroxylation sites is 2. The zero-order valence-corrected chi connectivity index (χ0v) is 12.1. The summed E-state index contributed by atoms with van der Waals surface area (Å²) in [5.74, 6) is 0.468. The van der Waals surface area contributed by atoms with Crippen LogP contribution >= 0.6 is 0 Å². The van der Waals surface area contributed by atoms with Crippen LogP contribution in [-0.4, -0.2) is 9.13 Å². The molecule has 1 aliphatic carbocycles. The van der Waals surface area contributed by atoms with Gasteiger partial charge < -0.3 is 0 Å². The van der Waals surface area contributed by atoms with Crippen LogP contribution in [0.25, 0.3) is 11.0 Å². The lowest BCUT2D eigenvalue weighted by Crippen LogP contribution is -2.29. The minimum atomic E-state index is 0.114. The highest BCUT2D eigenvalue weighted by Gasteiger charge is 2.27. The summed E-state index contributed by atoms with van der Waals surface area (Å²) in [6, 6.07) is 16.6. The van der Waals surface area contributed by atoms with Gasteiger partial charge in [-0.2, -0.15) is 0 Å². The van der Waals surface area contributed by atoms with Crippen molar-refractivity contribution in [1.29, 1.82) is 0 Å². The maximum atomic E-state index is 12.6. The Hall–Kier alpha value is -2.29. The molecular weight excluding hydrogens is 260 g/mol. The number of nitrogens with zero attached hydrogens (tertiary/aromatic N) is 2. The van der Waals surface area contributed by atoms with E-state index in [1.54, 1.807) is 0 Å². The van der Waals surface area contributed by atoms with E-state index in [2.05, 4.69) is 24.3 Å². The van der Waals surface area contributed by atoms with E-state index < -0.39 is 0 Å². The summed E-state index contributed by atoms with van der Waals surface area (Å²) in [6.45, 7) is 3.52. The molecule has 0 N–H and O–H groups in total. The van der Waals surface area contributed by atoms with Gasteiger partial charge in [-0.05, 0) is 36.6 Å². The number of hydrogen-bond acceptors (Lipinski definition) is 1. The lowest BCUT2D eigenvalue weighted by atomic mass is 9.77. The molecule has 1 aromatic heterocycles. The number of aromatic nitrogens is 2. The van der Waals surface area contributed by atoms with Gasteiger partial charge in [0, 0.05) is 19.0 Å². The molecule has 0 saturated heterocycles. The number of aryl methyl sites for hydroxylation is 1. The van der Waals surface area contributed by atoms with Crippen molar-refractivity contribution in [1.82, 2.24) is 9.13 Å². The second-order valence-corrected chi connectivity index (χ2v) is 5.73. The Labute approximate surface area is 123 Å². The first-order chi connectivity index (χ1) is 10.3. The van der Waals surface area contributed by atoms with E-state index in [0.29, 0.717) is 12.5 Å². The van der Waals surface area contributed by atoms with Crippen molar-refractivity contribution in [2.45, 2.75) is 32.4 Å². The van der Waals surface area contributed by atoms with E-state index in [0.717, 1.165) is 24.0 Å². The summed E-state index contributed by atoms with van der Waals surface area (Å²) in [4.78, 5) is 12.6. The molecule has 2 aromatic carbocycles. The number of hydrogen-bond donors (Lipinski definition) is 0. The molecule has 0 amide bonds. The summed E-state index contributed by atoms with van der Waals surface area (Å²) in [7, 11) is 0. The molecule has 1 unspecified atom stereocenters. The van der Waals surface area contributed by atoms with Crippen molar-refractivity contribution in [3.05, 3.63) is 70.1 Å². The van der Waals surface area contributed by atoms with E-state index in [1.807, 2.05) is 40.3 Å². The fourth-order valence-electron chi connectivity index (χ4n) is 3.50. The number of fused-ring (bicyclic) bond motifs is 2. The predicted molar refractivity (Wildman–Crippen MR) is 84.8 cm³/mol.